The second kappa shape index (κ2) is 10.7. The molecule has 4 rings (SSSR count). The van der Waals surface area contributed by atoms with Crippen LogP contribution in [0.25, 0.3) is 10.9 Å². The number of anilines is 2. The number of hydrogen-bond donors (Lipinski definition) is 1. The number of benzene rings is 2. The van der Waals surface area contributed by atoms with Gasteiger partial charge in [0, 0.05) is 31.4 Å². The smallest absolute Gasteiger partial charge is 0.493 e. The SMILES string of the molecule is COc1cc2c(Nc3ccc(OC(F)(F)F)cc3)nnnc2cc1OCCCN1CCOCC1. The summed E-state index contributed by atoms with van der Waals surface area (Å²) in [5.41, 5.74) is 1.03. The number of ether oxygens (including phenoxy) is 4. The van der Waals surface area contributed by atoms with Crippen molar-refractivity contribution in [3.05, 3.63) is 36.4 Å². The first-order valence-corrected chi connectivity index (χ1v) is 10.7. The molecular weight excluding hydrogens is 455 g/mol. The van der Waals surface area contributed by atoms with Gasteiger partial charge in [-0.3, -0.25) is 4.90 Å². The first kappa shape index (κ1) is 23.8. The van der Waals surface area contributed by atoms with Crippen molar-refractivity contribution in [1.29, 1.82) is 0 Å². The van der Waals surface area contributed by atoms with Crippen LogP contribution in [-0.2, 0) is 4.74 Å². The second-order valence-electron chi connectivity index (χ2n) is 7.51. The minimum Gasteiger partial charge on any atom is -0.493 e. The number of fused-ring (bicyclic) bond motifs is 1. The second-order valence-corrected chi connectivity index (χ2v) is 7.51. The molecule has 0 saturated carbocycles. The highest BCUT2D eigenvalue weighted by Gasteiger charge is 2.31. The molecule has 34 heavy (non-hydrogen) atoms. The summed E-state index contributed by atoms with van der Waals surface area (Å²) >= 11 is 0. The van der Waals surface area contributed by atoms with Crippen molar-refractivity contribution in [3.63, 3.8) is 0 Å². The van der Waals surface area contributed by atoms with Gasteiger partial charge in [-0.1, -0.05) is 0 Å². The van der Waals surface area contributed by atoms with Gasteiger partial charge in [0.1, 0.15) is 11.3 Å². The fourth-order valence-corrected chi connectivity index (χ4v) is 3.53. The fourth-order valence-electron chi connectivity index (χ4n) is 3.53. The number of halogens is 3. The van der Waals surface area contributed by atoms with Gasteiger partial charge < -0.3 is 24.3 Å². The van der Waals surface area contributed by atoms with Gasteiger partial charge in [-0.05, 0) is 42.0 Å². The molecule has 1 N–H and O–H groups in total. The lowest BCUT2D eigenvalue weighted by atomic mass is 10.2. The van der Waals surface area contributed by atoms with Gasteiger partial charge in [0.15, 0.2) is 17.3 Å². The number of morpholine rings is 1. The van der Waals surface area contributed by atoms with Crippen molar-refractivity contribution < 1.29 is 32.1 Å². The number of alkyl halides is 3. The van der Waals surface area contributed by atoms with Gasteiger partial charge in [0.25, 0.3) is 0 Å². The number of aromatic nitrogens is 3. The van der Waals surface area contributed by atoms with E-state index in [0.717, 1.165) is 39.3 Å². The van der Waals surface area contributed by atoms with E-state index in [-0.39, 0.29) is 5.75 Å². The minimum atomic E-state index is -4.75. The summed E-state index contributed by atoms with van der Waals surface area (Å²) in [6.45, 7) is 4.80. The maximum atomic E-state index is 12.4. The summed E-state index contributed by atoms with van der Waals surface area (Å²) in [7, 11) is 1.54. The van der Waals surface area contributed by atoms with Gasteiger partial charge >= 0.3 is 6.36 Å². The van der Waals surface area contributed by atoms with Crippen LogP contribution in [0.1, 0.15) is 6.42 Å². The molecule has 3 aromatic rings. The summed E-state index contributed by atoms with van der Waals surface area (Å²) in [5.74, 6) is 1.09. The Morgan fingerprint density at radius 1 is 1.06 bits per heavy atom. The molecule has 1 fully saturated rings. The Kier molecular flexibility index (Phi) is 7.48. The Morgan fingerprint density at radius 2 is 1.82 bits per heavy atom. The average Bonchev–Trinajstić information content (AvgIpc) is 2.82. The Balaban J connectivity index is 1.44. The molecule has 0 radical (unpaired) electrons. The van der Waals surface area contributed by atoms with Crippen molar-refractivity contribution in [3.8, 4) is 17.2 Å². The summed E-state index contributed by atoms with van der Waals surface area (Å²) in [4.78, 5) is 2.33. The van der Waals surface area contributed by atoms with Crippen LogP contribution < -0.4 is 19.5 Å². The van der Waals surface area contributed by atoms with Crippen LogP contribution in [-0.4, -0.2) is 73.2 Å². The molecular formula is C22H24F3N5O4. The molecule has 1 aromatic heterocycles. The first-order chi connectivity index (χ1) is 16.4. The number of nitrogens with zero attached hydrogens (tertiary/aromatic N) is 4. The Morgan fingerprint density at radius 3 is 2.53 bits per heavy atom. The van der Waals surface area contributed by atoms with Gasteiger partial charge in [0.2, 0.25) is 0 Å². The number of methoxy groups -OCH3 is 1. The van der Waals surface area contributed by atoms with E-state index in [9.17, 15) is 13.2 Å². The minimum absolute atomic E-state index is 0.319. The van der Waals surface area contributed by atoms with E-state index in [0.29, 0.717) is 40.5 Å². The molecule has 0 bridgehead atoms. The highest BCUT2D eigenvalue weighted by Crippen LogP contribution is 2.35. The van der Waals surface area contributed by atoms with Gasteiger partial charge in [-0.25, -0.2) is 0 Å². The molecule has 0 amide bonds. The molecule has 1 aliphatic rings. The van der Waals surface area contributed by atoms with Gasteiger partial charge in [-0.2, -0.15) is 0 Å². The highest BCUT2D eigenvalue weighted by atomic mass is 19.4. The summed E-state index contributed by atoms with van der Waals surface area (Å²) in [5, 5.41) is 15.5. The van der Waals surface area contributed by atoms with Crippen molar-refractivity contribution in [2.45, 2.75) is 12.8 Å². The molecule has 0 unspecified atom stereocenters. The predicted molar refractivity (Wildman–Crippen MR) is 118 cm³/mol. The third kappa shape index (κ3) is 6.35. The average molecular weight is 479 g/mol. The summed E-state index contributed by atoms with van der Waals surface area (Å²) < 4.78 is 57.8. The van der Waals surface area contributed by atoms with Crippen LogP contribution in [0, 0.1) is 0 Å². The zero-order chi connectivity index (χ0) is 24.0. The lowest BCUT2D eigenvalue weighted by Crippen LogP contribution is -2.37. The van der Waals surface area contributed by atoms with Crippen LogP contribution in [0.3, 0.4) is 0 Å². The van der Waals surface area contributed by atoms with Crippen molar-refractivity contribution in [2.24, 2.45) is 0 Å². The standard InChI is InChI=1S/C22H24F3N5O4/c1-31-19-13-17-18(14-20(19)33-10-2-7-30-8-11-32-12-9-30)27-29-28-21(17)26-15-3-5-16(6-4-15)34-22(23,24)25/h3-6,13-14H,2,7-12H2,1H3,(H,26,27,28). The van der Waals surface area contributed by atoms with Crippen molar-refractivity contribution >= 4 is 22.4 Å². The summed E-state index contributed by atoms with van der Waals surface area (Å²) in [6.07, 6.45) is -3.90. The van der Waals surface area contributed by atoms with Crippen LogP contribution in [0.15, 0.2) is 36.4 Å². The third-order valence-electron chi connectivity index (χ3n) is 5.16. The van der Waals surface area contributed by atoms with E-state index in [4.69, 9.17) is 14.2 Å². The topological polar surface area (TPSA) is 90.9 Å². The van der Waals surface area contributed by atoms with E-state index < -0.39 is 6.36 Å². The van der Waals surface area contributed by atoms with Crippen LogP contribution >= 0.6 is 0 Å². The highest BCUT2D eigenvalue weighted by molar-refractivity contribution is 5.92. The van der Waals surface area contributed by atoms with Crippen LogP contribution in [0.2, 0.25) is 0 Å². The normalized spacial score (nSPS) is 14.7. The predicted octanol–water partition coefficient (Wildman–Crippen LogP) is 3.78. The summed E-state index contributed by atoms with van der Waals surface area (Å²) in [6, 6.07) is 8.75. The number of nitrogens with one attached hydrogen (secondary N) is 1. The fraction of sp³-hybridized carbons (Fsp3) is 0.409. The van der Waals surface area contributed by atoms with Crippen LogP contribution in [0.4, 0.5) is 24.7 Å². The molecule has 182 valence electrons. The van der Waals surface area contributed by atoms with Crippen molar-refractivity contribution in [2.75, 3.05) is 51.9 Å². The van der Waals surface area contributed by atoms with E-state index in [2.05, 4.69) is 30.4 Å². The zero-order valence-corrected chi connectivity index (χ0v) is 18.5. The maximum absolute atomic E-state index is 12.4. The lowest BCUT2D eigenvalue weighted by Gasteiger charge is -2.26. The molecule has 12 heteroatoms. The first-order valence-electron chi connectivity index (χ1n) is 10.7. The zero-order valence-electron chi connectivity index (χ0n) is 18.5. The molecule has 2 heterocycles. The monoisotopic (exact) mass is 479 g/mol. The molecule has 0 aliphatic carbocycles. The molecule has 1 saturated heterocycles. The molecule has 0 spiro atoms. The maximum Gasteiger partial charge on any atom is 0.573 e. The van der Waals surface area contributed by atoms with E-state index in [1.165, 1.54) is 31.4 Å². The number of hydrogen-bond acceptors (Lipinski definition) is 9. The van der Waals surface area contributed by atoms with Gasteiger partial charge in [-0.15, -0.1) is 23.4 Å². The molecule has 1 aliphatic heterocycles. The van der Waals surface area contributed by atoms with Crippen molar-refractivity contribution in [1.82, 2.24) is 20.3 Å². The molecule has 9 nitrogen and oxygen atoms in total. The lowest BCUT2D eigenvalue weighted by molar-refractivity contribution is -0.274. The Labute approximate surface area is 193 Å². The molecule has 0 atom stereocenters. The number of rotatable bonds is 9. The van der Waals surface area contributed by atoms with Crippen LogP contribution in [0.5, 0.6) is 17.2 Å². The quantitative estimate of drug-likeness (QED) is 0.461. The molecule has 2 aromatic carbocycles. The Hall–Kier alpha value is -3.38. The van der Waals surface area contributed by atoms with E-state index in [1.807, 2.05) is 0 Å². The van der Waals surface area contributed by atoms with E-state index >= 15 is 0 Å². The Bertz CT molecular complexity index is 1090. The van der Waals surface area contributed by atoms with E-state index in [1.54, 1.807) is 12.1 Å². The largest absolute Gasteiger partial charge is 0.573 e. The van der Waals surface area contributed by atoms with Gasteiger partial charge in [0.05, 0.1) is 32.3 Å². The third-order valence-corrected chi connectivity index (χ3v) is 5.16.